The van der Waals surface area contributed by atoms with Crippen LogP contribution in [0.1, 0.15) is 79.3 Å². The molecule has 3 rings (SSSR count). The van der Waals surface area contributed by atoms with Crippen molar-refractivity contribution in [3.63, 3.8) is 0 Å². The third-order valence-corrected chi connectivity index (χ3v) is 7.24. The van der Waals surface area contributed by atoms with Crippen LogP contribution in [-0.2, 0) is 16.0 Å². The van der Waals surface area contributed by atoms with Crippen molar-refractivity contribution in [3.05, 3.63) is 86.9 Å². The van der Waals surface area contributed by atoms with Gasteiger partial charge in [-0.25, -0.2) is 0 Å². The minimum atomic E-state index is -0.279. The van der Waals surface area contributed by atoms with Crippen molar-refractivity contribution in [3.8, 4) is 11.5 Å². The zero-order valence-electron chi connectivity index (χ0n) is 24.3. The quantitative estimate of drug-likeness (QED) is 0.156. The van der Waals surface area contributed by atoms with E-state index in [1.54, 1.807) is 25.1 Å². The zero-order valence-corrected chi connectivity index (χ0v) is 25.9. The first-order valence-electron chi connectivity index (χ1n) is 13.8. The van der Waals surface area contributed by atoms with Crippen LogP contribution in [0.3, 0.4) is 0 Å². The van der Waals surface area contributed by atoms with Crippen molar-refractivity contribution in [1.29, 1.82) is 0 Å². The number of esters is 1. The topological polar surface area (TPSA) is 73.9 Å². The predicted molar refractivity (Wildman–Crippen MR) is 163 cm³/mol. The highest BCUT2D eigenvalue weighted by Gasteiger charge is 2.19. The summed E-state index contributed by atoms with van der Waals surface area (Å²) in [6.07, 6.45) is 1.68. The van der Waals surface area contributed by atoms with Gasteiger partial charge >= 0.3 is 5.97 Å². The third-order valence-electron chi connectivity index (χ3n) is 6.65. The lowest BCUT2D eigenvalue weighted by molar-refractivity contribution is -0.143. The van der Waals surface area contributed by atoms with E-state index in [0.717, 1.165) is 33.3 Å². The molecule has 0 saturated heterocycles. The van der Waals surface area contributed by atoms with Crippen LogP contribution in [0.25, 0.3) is 0 Å². The van der Waals surface area contributed by atoms with Gasteiger partial charge in [-0.1, -0.05) is 50.2 Å². The maximum absolute atomic E-state index is 13.3. The number of hydrogen-bond acceptors (Lipinski definition) is 5. The van der Waals surface area contributed by atoms with E-state index in [-0.39, 0.29) is 24.4 Å². The molecule has 3 aromatic carbocycles. The van der Waals surface area contributed by atoms with Crippen LogP contribution in [0.2, 0.25) is 0 Å². The average molecular weight is 611 g/mol. The van der Waals surface area contributed by atoms with E-state index in [1.807, 2.05) is 32.9 Å². The smallest absolute Gasteiger partial charge is 0.305 e. The van der Waals surface area contributed by atoms with Crippen LogP contribution in [-0.4, -0.2) is 25.1 Å². The van der Waals surface area contributed by atoms with Gasteiger partial charge in [0.25, 0.3) is 5.91 Å². The molecule has 0 radical (unpaired) electrons. The Morgan fingerprint density at radius 1 is 0.975 bits per heavy atom. The summed E-state index contributed by atoms with van der Waals surface area (Å²) in [7, 11) is 0. The Hall–Kier alpha value is -3.32. The largest absolute Gasteiger partial charge is 0.493 e. The number of carbonyl (C=O) groups excluding carboxylic acids is 2. The number of amides is 1. The average Bonchev–Trinajstić information content (AvgIpc) is 2.92. The highest BCUT2D eigenvalue weighted by atomic mass is 79.9. The van der Waals surface area contributed by atoms with Gasteiger partial charge in [-0.2, -0.15) is 0 Å². The van der Waals surface area contributed by atoms with E-state index in [1.165, 1.54) is 5.56 Å². The predicted octanol–water partition coefficient (Wildman–Crippen LogP) is 8.38. The van der Waals surface area contributed by atoms with Crippen molar-refractivity contribution in [2.45, 2.75) is 66.9 Å². The van der Waals surface area contributed by atoms with Gasteiger partial charge in [-0.15, -0.1) is 0 Å². The molecule has 0 aliphatic rings. The van der Waals surface area contributed by atoms with E-state index >= 15 is 0 Å². The Kier molecular flexibility index (Phi) is 11.6. The highest BCUT2D eigenvalue weighted by Crippen LogP contribution is 2.38. The number of carbonyl (C=O) groups is 2. The van der Waals surface area contributed by atoms with Crippen LogP contribution >= 0.6 is 15.9 Å². The minimum Gasteiger partial charge on any atom is -0.493 e. The summed E-state index contributed by atoms with van der Waals surface area (Å²) in [4.78, 5) is 24.8. The summed E-state index contributed by atoms with van der Waals surface area (Å²) in [5, 5.41) is 3.03. The zero-order chi connectivity index (χ0) is 29.2. The van der Waals surface area contributed by atoms with Crippen LogP contribution in [0.15, 0.2) is 59.1 Å². The van der Waals surface area contributed by atoms with Crippen LogP contribution in [0.4, 0.5) is 5.69 Å². The fraction of sp³-hybridized carbons (Fsp3) is 0.394. The second-order valence-electron chi connectivity index (χ2n) is 10.3. The molecular formula is C33H40BrNO5. The lowest BCUT2D eigenvalue weighted by atomic mass is 10.0. The standard InChI is InChI=1S/C33H40BrNO5/c1-7-38-31(36)13-10-18-39-30-12-9-8-11-27(30)33(37)35-29-20-28(34)32(23(5)22(29)4)40-24(6)26-16-14-25(15-17-26)19-21(2)3/h8-9,11-12,14-17,20-21,24H,7,10,13,18-19H2,1-6H3,(H,35,37). The number of nitrogens with one attached hydrogen (secondary N) is 1. The fourth-order valence-electron chi connectivity index (χ4n) is 4.37. The summed E-state index contributed by atoms with van der Waals surface area (Å²) >= 11 is 3.66. The highest BCUT2D eigenvalue weighted by molar-refractivity contribution is 9.10. The van der Waals surface area contributed by atoms with Gasteiger partial charge in [0.05, 0.1) is 23.2 Å². The molecule has 0 aliphatic heterocycles. The third kappa shape index (κ3) is 8.59. The SMILES string of the molecule is CCOC(=O)CCCOc1ccccc1C(=O)Nc1cc(Br)c(OC(C)c2ccc(CC(C)C)cc2)c(C)c1C. The van der Waals surface area contributed by atoms with E-state index in [2.05, 4.69) is 59.4 Å². The van der Waals surface area contributed by atoms with Crippen LogP contribution in [0, 0.1) is 19.8 Å². The van der Waals surface area contributed by atoms with Crippen molar-refractivity contribution >= 4 is 33.5 Å². The molecule has 0 aliphatic carbocycles. The number of halogens is 1. The van der Waals surface area contributed by atoms with Crippen molar-refractivity contribution in [2.24, 2.45) is 5.92 Å². The van der Waals surface area contributed by atoms with Crippen molar-refractivity contribution < 1.29 is 23.8 Å². The van der Waals surface area contributed by atoms with Crippen LogP contribution in [0.5, 0.6) is 11.5 Å². The first-order chi connectivity index (χ1) is 19.1. The number of para-hydroxylation sites is 1. The molecule has 6 nitrogen and oxygen atoms in total. The molecule has 0 spiro atoms. The monoisotopic (exact) mass is 609 g/mol. The van der Waals surface area contributed by atoms with Crippen LogP contribution < -0.4 is 14.8 Å². The molecule has 3 aromatic rings. The molecule has 0 bridgehead atoms. The number of benzene rings is 3. The molecule has 1 atom stereocenters. The first-order valence-corrected chi connectivity index (χ1v) is 14.6. The van der Waals surface area contributed by atoms with Crippen molar-refractivity contribution in [2.75, 3.05) is 18.5 Å². The molecule has 0 heterocycles. The Labute approximate surface area is 246 Å². The number of ether oxygens (including phenoxy) is 3. The Morgan fingerprint density at radius 3 is 2.35 bits per heavy atom. The molecule has 0 fully saturated rings. The summed E-state index contributed by atoms with van der Waals surface area (Å²) in [5.41, 5.74) is 5.39. The molecule has 0 saturated carbocycles. The molecule has 1 N–H and O–H groups in total. The van der Waals surface area contributed by atoms with Gasteiger partial charge in [-0.3, -0.25) is 9.59 Å². The van der Waals surface area contributed by atoms with Gasteiger partial charge in [-0.05, 0) is 103 Å². The molecule has 0 aromatic heterocycles. The Morgan fingerprint density at radius 2 is 1.68 bits per heavy atom. The maximum atomic E-state index is 13.3. The van der Waals surface area contributed by atoms with Gasteiger partial charge in [0.2, 0.25) is 0 Å². The van der Waals surface area contributed by atoms with E-state index in [0.29, 0.717) is 42.6 Å². The maximum Gasteiger partial charge on any atom is 0.305 e. The fourth-order valence-corrected chi connectivity index (χ4v) is 4.99. The summed E-state index contributed by atoms with van der Waals surface area (Å²) in [6.45, 7) is 12.9. The second-order valence-corrected chi connectivity index (χ2v) is 11.1. The minimum absolute atomic E-state index is 0.143. The summed E-state index contributed by atoms with van der Waals surface area (Å²) in [5.74, 6) is 1.29. The normalized spacial score (nSPS) is 11.7. The van der Waals surface area contributed by atoms with Gasteiger partial charge < -0.3 is 19.5 Å². The Bertz CT molecular complexity index is 1300. The van der Waals surface area contributed by atoms with E-state index in [4.69, 9.17) is 14.2 Å². The molecule has 214 valence electrons. The number of anilines is 1. The van der Waals surface area contributed by atoms with E-state index in [9.17, 15) is 9.59 Å². The molecular weight excluding hydrogens is 570 g/mol. The molecule has 1 unspecified atom stereocenters. The number of hydrogen-bond donors (Lipinski definition) is 1. The lowest BCUT2D eigenvalue weighted by Crippen LogP contribution is -2.16. The van der Waals surface area contributed by atoms with Gasteiger partial charge in [0.15, 0.2) is 0 Å². The summed E-state index contributed by atoms with van der Waals surface area (Å²) in [6, 6.07) is 17.5. The number of rotatable bonds is 13. The first kappa shape index (κ1) is 31.2. The van der Waals surface area contributed by atoms with Crippen molar-refractivity contribution in [1.82, 2.24) is 0 Å². The summed E-state index contributed by atoms with van der Waals surface area (Å²) < 4.78 is 17.9. The lowest BCUT2D eigenvalue weighted by Gasteiger charge is -2.21. The molecule has 40 heavy (non-hydrogen) atoms. The van der Waals surface area contributed by atoms with Gasteiger partial charge in [0.1, 0.15) is 17.6 Å². The second kappa shape index (κ2) is 14.9. The van der Waals surface area contributed by atoms with E-state index < -0.39 is 0 Å². The molecule has 7 heteroatoms. The molecule has 1 amide bonds. The Balaban J connectivity index is 1.70. The van der Waals surface area contributed by atoms with Gasteiger partial charge in [0, 0.05) is 12.1 Å².